The van der Waals surface area contributed by atoms with E-state index >= 15 is 0 Å². The number of aromatic nitrogens is 2. The highest BCUT2D eigenvalue weighted by Gasteiger charge is 2.21. The minimum absolute atomic E-state index is 0.148. The van der Waals surface area contributed by atoms with Crippen molar-refractivity contribution in [2.75, 3.05) is 31.6 Å². The van der Waals surface area contributed by atoms with Gasteiger partial charge < -0.3 is 14.8 Å². The Labute approximate surface area is 186 Å². The summed E-state index contributed by atoms with van der Waals surface area (Å²) < 4.78 is 11.4. The minimum atomic E-state index is 0.148. The molecule has 1 saturated heterocycles. The van der Waals surface area contributed by atoms with Gasteiger partial charge >= 0.3 is 0 Å². The molecular formula is C20H25Cl3N4O2. The zero-order chi connectivity index (χ0) is 20.8. The highest BCUT2D eigenvalue weighted by molar-refractivity contribution is 6.33. The monoisotopic (exact) mass is 458 g/mol. The summed E-state index contributed by atoms with van der Waals surface area (Å²) in [7, 11) is 0. The molecule has 0 bridgehead atoms. The fourth-order valence-corrected chi connectivity index (χ4v) is 4.03. The number of hydrogen-bond donors (Lipinski definition) is 1. The van der Waals surface area contributed by atoms with Crippen LogP contribution in [0.2, 0.25) is 15.5 Å². The van der Waals surface area contributed by atoms with E-state index in [1.165, 1.54) is 0 Å². The van der Waals surface area contributed by atoms with Gasteiger partial charge in [0.2, 0.25) is 5.28 Å². The number of halogens is 3. The van der Waals surface area contributed by atoms with E-state index in [1.54, 1.807) is 6.07 Å². The van der Waals surface area contributed by atoms with Crippen LogP contribution in [0.25, 0.3) is 0 Å². The molecule has 1 aromatic carbocycles. The molecule has 1 aromatic heterocycles. The third kappa shape index (κ3) is 6.25. The Kier molecular flexibility index (Phi) is 8.07. The lowest BCUT2D eigenvalue weighted by Gasteiger charge is -2.32. The Hall–Kier alpha value is -1.47. The molecule has 0 unspecified atom stereocenters. The van der Waals surface area contributed by atoms with Gasteiger partial charge in [0.15, 0.2) is 0 Å². The SMILES string of the molecule is CCOc1cc(CN2CCC(Nc3cc(Cl)nc(Cl)n3)CC2)cc(OCC)c1Cl. The van der Waals surface area contributed by atoms with Gasteiger partial charge in [-0.15, -0.1) is 0 Å². The molecule has 29 heavy (non-hydrogen) atoms. The predicted molar refractivity (Wildman–Crippen MR) is 118 cm³/mol. The molecular weight excluding hydrogens is 435 g/mol. The lowest BCUT2D eigenvalue weighted by Crippen LogP contribution is -2.38. The number of hydrogen-bond acceptors (Lipinski definition) is 6. The van der Waals surface area contributed by atoms with Crippen molar-refractivity contribution >= 4 is 40.6 Å². The molecule has 2 heterocycles. The number of anilines is 1. The summed E-state index contributed by atoms with van der Waals surface area (Å²) in [6.07, 6.45) is 1.98. The maximum Gasteiger partial charge on any atom is 0.225 e. The number of nitrogens with one attached hydrogen (secondary N) is 1. The Morgan fingerprint density at radius 3 is 2.17 bits per heavy atom. The summed E-state index contributed by atoms with van der Waals surface area (Å²) in [4.78, 5) is 10.5. The Morgan fingerprint density at radius 2 is 1.62 bits per heavy atom. The van der Waals surface area contributed by atoms with Gasteiger partial charge in [0.25, 0.3) is 0 Å². The number of nitrogens with zero attached hydrogens (tertiary/aromatic N) is 3. The van der Waals surface area contributed by atoms with Crippen LogP contribution in [0.1, 0.15) is 32.3 Å². The molecule has 1 aliphatic heterocycles. The number of rotatable bonds is 8. The molecule has 1 aliphatic rings. The van der Waals surface area contributed by atoms with Crippen LogP contribution in [0.15, 0.2) is 18.2 Å². The average molecular weight is 460 g/mol. The predicted octanol–water partition coefficient (Wildman–Crippen LogP) is 5.31. The van der Waals surface area contributed by atoms with Crippen molar-refractivity contribution in [3.05, 3.63) is 39.2 Å². The molecule has 1 N–H and O–H groups in total. The van der Waals surface area contributed by atoms with Gasteiger partial charge in [-0.25, -0.2) is 9.97 Å². The quantitative estimate of drug-likeness (QED) is 0.426. The van der Waals surface area contributed by atoms with E-state index in [4.69, 9.17) is 44.3 Å². The van der Waals surface area contributed by atoms with Gasteiger partial charge in [0.1, 0.15) is 27.5 Å². The van der Waals surface area contributed by atoms with Gasteiger partial charge in [-0.05, 0) is 56.0 Å². The normalized spacial score (nSPS) is 15.3. The third-order valence-corrected chi connectivity index (χ3v) is 5.41. The fourth-order valence-electron chi connectivity index (χ4n) is 3.41. The largest absolute Gasteiger partial charge is 0.492 e. The number of piperidine rings is 1. The van der Waals surface area contributed by atoms with Crippen LogP contribution in [0, 0.1) is 0 Å². The second kappa shape index (κ2) is 10.5. The van der Waals surface area contributed by atoms with Crippen LogP contribution in [-0.2, 0) is 6.54 Å². The van der Waals surface area contributed by atoms with Crippen LogP contribution in [0.4, 0.5) is 5.82 Å². The summed E-state index contributed by atoms with van der Waals surface area (Å²) in [6, 6.07) is 6.02. The van der Waals surface area contributed by atoms with E-state index in [2.05, 4.69) is 20.2 Å². The number of benzene rings is 1. The van der Waals surface area contributed by atoms with Crippen LogP contribution in [0.5, 0.6) is 11.5 Å². The molecule has 0 radical (unpaired) electrons. The van der Waals surface area contributed by atoms with Gasteiger partial charge in [-0.3, -0.25) is 4.90 Å². The fraction of sp³-hybridized carbons (Fsp3) is 0.500. The lowest BCUT2D eigenvalue weighted by molar-refractivity contribution is 0.210. The van der Waals surface area contributed by atoms with Crippen molar-refractivity contribution in [3.63, 3.8) is 0 Å². The highest BCUT2D eigenvalue weighted by Crippen LogP contribution is 2.36. The maximum absolute atomic E-state index is 6.40. The van der Waals surface area contributed by atoms with Crippen LogP contribution in [-0.4, -0.2) is 47.2 Å². The number of ether oxygens (including phenoxy) is 2. The second-order valence-electron chi connectivity index (χ2n) is 6.81. The molecule has 158 valence electrons. The molecule has 3 rings (SSSR count). The first kappa shape index (κ1) is 22.2. The summed E-state index contributed by atoms with van der Waals surface area (Å²) >= 11 is 18.2. The van der Waals surface area contributed by atoms with E-state index < -0.39 is 0 Å². The van der Waals surface area contributed by atoms with E-state index in [0.29, 0.717) is 46.7 Å². The molecule has 0 aliphatic carbocycles. The smallest absolute Gasteiger partial charge is 0.225 e. The zero-order valence-electron chi connectivity index (χ0n) is 16.6. The van der Waals surface area contributed by atoms with E-state index in [9.17, 15) is 0 Å². The summed E-state index contributed by atoms with van der Waals surface area (Å²) in [5.41, 5.74) is 1.13. The first-order chi connectivity index (χ1) is 14.0. The lowest BCUT2D eigenvalue weighted by atomic mass is 10.0. The van der Waals surface area contributed by atoms with Gasteiger partial charge in [0.05, 0.1) is 13.2 Å². The molecule has 6 nitrogen and oxygen atoms in total. The van der Waals surface area contributed by atoms with Gasteiger partial charge in [-0.1, -0.05) is 23.2 Å². The first-order valence-corrected chi connectivity index (χ1v) is 10.9. The van der Waals surface area contributed by atoms with Crippen molar-refractivity contribution in [2.45, 2.75) is 39.3 Å². The van der Waals surface area contributed by atoms with Crippen molar-refractivity contribution in [1.82, 2.24) is 14.9 Å². The van der Waals surface area contributed by atoms with Crippen LogP contribution < -0.4 is 14.8 Å². The van der Waals surface area contributed by atoms with Gasteiger partial charge in [-0.2, -0.15) is 0 Å². The van der Waals surface area contributed by atoms with E-state index in [-0.39, 0.29) is 5.28 Å². The Balaban J connectivity index is 1.60. The molecule has 2 aromatic rings. The van der Waals surface area contributed by atoms with E-state index in [0.717, 1.165) is 38.0 Å². The van der Waals surface area contributed by atoms with E-state index in [1.807, 2.05) is 26.0 Å². The van der Waals surface area contributed by atoms with Crippen molar-refractivity contribution < 1.29 is 9.47 Å². The van der Waals surface area contributed by atoms with Crippen molar-refractivity contribution in [3.8, 4) is 11.5 Å². The third-order valence-electron chi connectivity index (χ3n) is 4.68. The van der Waals surface area contributed by atoms with Crippen molar-refractivity contribution in [2.24, 2.45) is 0 Å². The Morgan fingerprint density at radius 1 is 1.00 bits per heavy atom. The number of likely N-dealkylation sites (tertiary alicyclic amines) is 1. The van der Waals surface area contributed by atoms with Gasteiger partial charge in [0, 0.05) is 31.7 Å². The summed E-state index contributed by atoms with van der Waals surface area (Å²) in [5, 5.41) is 4.42. The zero-order valence-corrected chi connectivity index (χ0v) is 18.8. The summed E-state index contributed by atoms with van der Waals surface area (Å²) in [6.45, 7) is 7.74. The molecule has 9 heteroatoms. The Bertz CT molecular complexity index is 782. The van der Waals surface area contributed by atoms with Crippen LogP contribution in [0.3, 0.4) is 0 Å². The van der Waals surface area contributed by atoms with Crippen LogP contribution >= 0.6 is 34.8 Å². The maximum atomic E-state index is 6.40. The highest BCUT2D eigenvalue weighted by atomic mass is 35.5. The molecule has 1 fully saturated rings. The standard InChI is InChI=1S/C20H25Cl3N4O2/c1-3-28-15-9-13(10-16(19(15)22)29-4-2)12-27-7-5-14(6-8-27)24-18-11-17(21)25-20(23)26-18/h9-11,14H,3-8,12H2,1-2H3,(H,24,25,26). The first-order valence-electron chi connectivity index (χ1n) is 9.75. The molecule has 0 saturated carbocycles. The topological polar surface area (TPSA) is 59.5 Å². The minimum Gasteiger partial charge on any atom is -0.492 e. The molecule has 0 amide bonds. The summed E-state index contributed by atoms with van der Waals surface area (Å²) in [5.74, 6) is 2.00. The molecule has 0 spiro atoms. The second-order valence-corrected chi connectivity index (χ2v) is 7.92. The molecule has 0 atom stereocenters. The average Bonchev–Trinajstić information content (AvgIpc) is 2.66. The van der Waals surface area contributed by atoms with Crippen molar-refractivity contribution in [1.29, 1.82) is 0 Å².